The molecule has 4 N–H and O–H groups in total. The van der Waals surface area contributed by atoms with Crippen molar-refractivity contribution in [2.75, 3.05) is 25.4 Å². The lowest BCUT2D eigenvalue weighted by molar-refractivity contribution is -0.119. The van der Waals surface area contributed by atoms with E-state index < -0.39 is 10.7 Å². The molecule has 24 heavy (non-hydrogen) atoms. The number of imidazole rings is 1. The quantitative estimate of drug-likeness (QED) is 0.124. The molecule has 1 amide bonds. The number of halogens is 2. The molecule has 0 spiro atoms. The van der Waals surface area contributed by atoms with Crippen molar-refractivity contribution in [1.82, 2.24) is 25.9 Å². The number of aromatic amines is 1. The molecule has 8 nitrogen and oxygen atoms in total. The Kier molecular flexibility index (Phi) is 10.1. The highest BCUT2D eigenvalue weighted by Crippen LogP contribution is 2.11. The number of alkyl halides is 2. The maximum atomic E-state index is 11.2. The summed E-state index contributed by atoms with van der Waals surface area (Å²) in [6, 6.07) is 0. The lowest BCUT2D eigenvalue weighted by Gasteiger charge is -2.09. The largest absolute Gasteiger partial charge is 0.354 e. The molecule has 1 aromatic heterocycles. The lowest BCUT2D eigenvalue weighted by Crippen LogP contribution is -2.41. The summed E-state index contributed by atoms with van der Waals surface area (Å²) in [6.07, 6.45) is 3.49. The Bertz CT molecular complexity index is 585. The first-order valence-electron chi connectivity index (χ1n) is 7.10. The van der Waals surface area contributed by atoms with Gasteiger partial charge in [0.2, 0.25) is 5.96 Å². The molecule has 0 aliphatic heterocycles. The van der Waals surface area contributed by atoms with Gasteiger partial charge in [-0.1, -0.05) is 23.2 Å². The molecule has 11 heteroatoms. The Morgan fingerprint density at radius 2 is 2.25 bits per heavy atom. The molecule has 1 rings (SSSR count). The van der Waals surface area contributed by atoms with E-state index in [1.54, 1.807) is 18.1 Å². The number of H-pyrrole nitrogens is 1. The van der Waals surface area contributed by atoms with Crippen LogP contribution in [0.1, 0.15) is 11.4 Å². The van der Waals surface area contributed by atoms with Crippen LogP contribution in [0.25, 0.3) is 0 Å². The van der Waals surface area contributed by atoms with Gasteiger partial charge in [0.25, 0.3) is 5.91 Å². The number of aliphatic imine (C=N–C) groups is 1. The first-order valence-corrected chi connectivity index (χ1v) is 9.13. The maximum Gasteiger partial charge on any atom is 0.253 e. The maximum absolute atomic E-state index is 11.2. The van der Waals surface area contributed by atoms with Gasteiger partial charge in [0.05, 0.1) is 18.6 Å². The summed E-state index contributed by atoms with van der Waals surface area (Å²) in [4.78, 5) is 21.6. The lowest BCUT2D eigenvalue weighted by atomic mass is 10.4. The Morgan fingerprint density at radius 3 is 2.88 bits per heavy atom. The number of hydrogen-bond acceptors (Lipinski definition) is 5. The molecule has 0 radical (unpaired) electrons. The van der Waals surface area contributed by atoms with Crippen LogP contribution in [0.4, 0.5) is 0 Å². The van der Waals surface area contributed by atoms with E-state index in [4.69, 9.17) is 28.5 Å². The fourth-order valence-corrected chi connectivity index (χ4v) is 2.56. The Hall–Kier alpha value is -1.63. The van der Waals surface area contributed by atoms with E-state index in [0.717, 1.165) is 22.9 Å². The van der Waals surface area contributed by atoms with Crippen LogP contribution < -0.4 is 16.0 Å². The highest BCUT2D eigenvalue weighted by Gasteiger charge is 2.09. The number of nitriles is 1. The average molecular weight is 392 g/mol. The van der Waals surface area contributed by atoms with Crippen LogP contribution in [0.3, 0.4) is 0 Å². The normalized spacial score (nSPS) is 11.2. The summed E-state index contributed by atoms with van der Waals surface area (Å²) in [7, 11) is 0. The number of hydrogen-bond donors (Lipinski definition) is 4. The van der Waals surface area contributed by atoms with Gasteiger partial charge >= 0.3 is 0 Å². The van der Waals surface area contributed by atoms with Crippen molar-refractivity contribution >= 4 is 46.8 Å². The molecule has 0 aromatic carbocycles. The van der Waals surface area contributed by atoms with Crippen LogP contribution in [0, 0.1) is 18.4 Å². The molecule has 0 saturated carbocycles. The molecule has 0 aliphatic rings. The van der Waals surface area contributed by atoms with Crippen LogP contribution in [0.2, 0.25) is 0 Å². The van der Waals surface area contributed by atoms with E-state index >= 15 is 0 Å². The molecule has 0 aliphatic carbocycles. The van der Waals surface area contributed by atoms with Crippen molar-refractivity contribution in [3.8, 4) is 6.19 Å². The number of aryl methyl sites for hydroxylation is 1. The van der Waals surface area contributed by atoms with Gasteiger partial charge in [-0.2, -0.15) is 17.0 Å². The van der Waals surface area contributed by atoms with Crippen molar-refractivity contribution in [2.24, 2.45) is 4.99 Å². The Balaban J connectivity index is 2.23. The van der Waals surface area contributed by atoms with Gasteiger partial charge < -0.3 is 15.6 Å². The fraction of sp³-hybridized carbons (Fsp3) is 0.538. The number of amides is 1. The van der Waals surface area contributed by atoms with Crippen molar-refractivity contribution in [2.45, 2.75) is 17.5 Å². The summed E-state index contributed by atoms with van der Waals surface area (Å²) in [5, 5.41) is 16.6. The predicted octanol–water partition coefficient (Wildman–Crippen LogP) is 0.887. The Labute approximate surface area is 154 Å². The van der Waals surface area contributed by atoms with E-state index in [0.29, 0.717) is 25.6 Å². The third-order valence-corrected chi connectivity index (χ3v) is 4.11. The molecule has 1 aromatic rings. The molecule has 1 heterocycles. The zero-order chi connectivity index (χ0) is 17.8. The van der Waals surface area contributed by atoms with Crippen LogP contribution in [0.5, 0.6) is 0 Å². The molecular weight excluding hydrogens is 373 g/mol. The van der Waals surface area contributed by atoms with Gasteiger partial charge in [-0.15, -0.1) is 0 Å². The van der Waals surface area contributed by atoms with E-state index in [1.807, 2.05) is 13.1 Å². The van der Waals surface area contributed by atoms with Crippen molar-refractivity contribution in [1.29, 1.82) is 5.26 Å². The topological polar surface area (TPSA) is 118 Å². The van der Waals surface area contributed by atoms with Crippen LogP contribution in [-0.4, -0.2) is 52.1 Å². The number of nitrogens with one attached hydrogen (secondary N) is 4. The SMILES string of the molecule is Cc1[nH]cnc1CSCCN=C(NC#N)NCCNC(=O)C(Cl)Cl. The summed E-state index contributed by atoms with van der Waals surface area (Å²) < 4.78 is 0. The monoisotopic (exact) mass is 391 g/mol. The molecular formula is C13H19Cl2N7OS. The third-order valence-electron chi connectivity index (χ3n) is 2.77. The van der Waals surface area contributed by atoms with E-state index in [2.05, 4.69) is 30.9 Å². The number of carbonyl (C=O) groups is 1. The van der Waals surface area contributed by atoms with Gasteiger partial charge in [0, 0.05) is 30.3 Å². The molecule has 0 unspecified atom stereocenters. The van der Waals surface area contributed by atoms with Crippen molar-refractivity contribution in [3.05, 3.63) is 17.7 Å². The van der Waals surface area contributed by atoms with Crippen molar-refractivity contribution in [3.63, 3.8) is 0 Å². The first kappa shape index (κ1) is 20.4. The second-order valence-corrected chi connectivity index (χ2v) is 6.71. The number of carbonyl (C=O) groups excluding carboxylic acids is 1. The standard InChI is InChI=1S/C13H19Cl2N7OS/c1-9-10(22-8-21-9)6-24-5-4-19-13(20-7-16)18-3-2-17-12(23)11(14)15/h8,11H,2-6H2,1H3,(H,17,23)(H,21,22)(H2,18,19,20). The third kappa shape index (κ3) is 8.29. The summed E-state index contributed by atoms with van der Waals surface area (Å²) >= 11 is 12.5. The molecule has 0 fully saturated rings. The number of aromatic nitrogens is 2. The molecule has 0 bridgehead atoms. The van der Waals surface area contributed by atoms with Gasteiger partial charge in [-0.25, -0.2) is 4.98 Å². The number of rotatable bonds is 9. The number of nitrogens with zero attached hydrogens (tertiary/aromatic N) is 3. The van der Waals surface area contributed by atoms with E-state index in [-0.39, 0.29) is 0 Å². The highest BCUT2D eigenvalue weighted by atomic mass is 35.5. The van der Waals surface area contributed by atoms with Gasteiger partial charge in [-0.05, 0) is 6.92 Å². The van der Waals surface area contributed by atoms with Crippen LogP contribution >= 0.6 is 35.0 Å². The van der Waals surface area contributed by atoms with Crippen molar-refractivity contribution < 1.29 is 4.79 Å². The van der Waals surface area contributed by atoms with Gasteiger partial charge in [0.15, 0.2) is 11.0 Å². The minimum absolute atomic E-state index is 0.314. The summed E-state index contributed by atoms with van der Waals surface area (Å²) in [6.45, 7) is 3.23. The fourth-order valence-electron chi connectivity index (χ4n) is 1.56. The smallest absolute Gasteiger partial charge is 0.253 e. The molecule has 0 atom stereocenters. The number of guanidine groups is 1. The van der Waals surface area contributed by atoms with E-state index in [9.17, 15) is 4.79 Å². The zero-order valence-corrected chi connectivity index (χ0v) is 15.4. The average Bonchev–Trinajstić information content (AvgIpc) is 2.95. The number of thioether (sulfide) groups is 1. The summed E-state index contributed by atoms with van der Waals surface area (Å²) in [5.41, 5.74) is 2.10. The first-order chi connectivity index (χ1) is 11.5. The second-order valence-electron chi connectivity index (χ2n) is 4.51. The van der Waals surface area contributed by atoms with Gasteiger partial charge in [0.1, 0.15) is 0 Å². The van der Waals surface area contributed by atoms with Gasteiger partial charge in [-0.3, -0.25) is 15.1 Å². The van der Waals surface area contributed by atoms with E-state index in [1.165, 1.54) is 0 Å². The minimum Gasteiger partial charge on any atom is -0.354 e. The zero-order valence-electron chi connectivity index (χ0n) is 13.1. The minimum atomic E-state index is -1.09. The second kappa shape index (κ2) is 11.8. The molecule has 132 valence electrons. The van der Waals surface area contributed by atoms with Crippen LogP contribution in [-0.2, 0) is 10.5 Å². The summed E-state index contributed by atoms with van der Waals surface area (Å²) in [5.74, 6) is 1.50. The van der Waals surface area contributed by atoms with Crippen LogP contribution in [0.15, 0.2) is 11.3 Å². The Morgan fingerprint density at radius 1 is 1.50 bits per heavy atom. The highest BCUT2D eigenvalue weighted by molar-refractivity contribution is 7.98. The molecule has 0 saturated heterocycles. The predicted molar refractivity (Wildman–Crippen MR) is 97.0 cm³/mol.